The number of ether oxygens (including phenoxy) is 1. The SMILES string of the molecule is CCC1COC(C)CN1c1cc(C)c(F)cc1C(C)=O. The number of hydrogen-bond acceptors (Lipinski definition) is 3. The molecule has 1 aromatic carbocycles. The Morgan fingerprint density at radius 3 is 2.80 bits per heavy atom. The molecule has 1 heterocycles. The number of rotatable bonds is 3. The van der Waals surface area contributed by atoms with Crippen molar-refractivity contribution < 1.29 is 13.9 Å². The third-order valence-electron chi connectivity index (χ3n) is 3.90. The van der Waals surface area contributed by atoms with E-state index in [1.54, 1.807) is 13.0 Å². The molecule has 2 rings (SSSR count). The van der Waals surface area contributed by atoms with Gasteiger partial charge in [0.15, 0.2) is 5.78 Å². The normalized spacial score (nSPS) is 22.9. The van der Waals surface area contributed by atoms with E-state index in [0.29, 0.717) is 17.7 Å². The predicted octanol–water partition coefficient (Wildman–Crippen LogP) is 3.34. The van der Waals surface area contributed by atoms with E-state index >= 15 is 0 Å². The van der Waals surface area contributed by atoms with Crippen molar-refractivity contribution in [3.8, 4) is 0 Å². The number of benzene rings is 1. The number of carbonyl (C=O) groups excluding carboxylic acids is 1. The summed E-state index contributed by atoms with van der Waals surface area (Å²) in [5, 5.41) is 0. The van der Waals surface area contributed by atoms with Crippen LogP contribution in [0.1, 0.15) is 43.1 Å². The Balaban J connectivity index is 2.48. The van der Waals surface area contributed by atoms with Gasteiger partial charge >= 0.3 is 0 Å². The topological polar surface area (TPSA) is 29.5 Å². The quantitative estimate of drug-likeness (QED) is 0.795. The van der Waals surface area contributed by atoms with E-state index in [9.17, 15) is 9.18 Å². The zero-order valence-corrected chi connectivity index (χ0v) is 12.6. The lowest BCUT2D eigenvalue weighted by atomic mass is 10.0. The smallest absolute Gasteiger partial charge is 0.161 e. The maximum absolute atomic E-state index is 13.7. The lowest BCUT2D eigenvalue weighted by Gasteiger charge is -2.40. The van der Waals surface area contributed by atoms with Crippen LogP contribution in [0.5, 0.6) is 0 Å². The fourth-order valence-electron chi connectivity index (χ4n) is 2.66. The number of nitrogens with zero attached hydrogens (tertiary/aromatic N) is 1. The van der Waals surface area contributed by atoms with E-state index in [1.165, 1.54) is 13.0 Å². The minimum Gasteiger partial charge on any atom is -0.375 e. The molecular formula is C16H22FNO2. The average Bonchev–Trinajstić information content (AvgIpc) is 2.41. The number of anilines is 1. The first-order valence-corrected chi connectivity index (χ1v) is 7.13. The van der Waals surface area contributed by atoms with Gasteiger partial charge in [-0.15, -0.1) is 0 Å². The first kappa shape index (κ1) is 15.0. The zero-order valence-electron chi connectivity index (χ0n) is 12.6. The Bertz CT molecular complexity index is 515. The number of hydrogen-bond donors (Lipinski definition) is 0. The van der Waals surface area contributed by atoms with Gasteiger partial charge in [0.1, 0.15) is 5.82 Å². The van der Waals surface area contributed by atoms with E-state index in [4.69, 9.17) is 4.74 Å². The van der Waals surface area contributed by atoms with Gasteiger partial charge in [0, 0.05) is 17.8 Å². The van der Waals surface area contributed by atoms with Crippen LogP contribution in [-0.4, -0.2) is 31.1 Å². The molecule has 2 atom stereocenters. The van der Waals surface area contributed by atoms with E-state index in [2.05, 4.69) is 11.8 Å². The van der Waals surface area contributed by atoms with E-state index < -0.39 is 0 Å². The second kappa shape index (κ2) is 5.92. The molecule has 110 valence electrons. The van der Waals surface area contributed by atoms with Crippen molar-refractivity contribution in [2.75, 3.05) is 18.1 Å². The molecule has 1 fully saturated rings. The Morgan fingerprint density at radius 1 is 1.50 bits per heavy atom. The molecule has 2 unspecified atom stereocenters. The molecule has 4 heteroatoms. The Morgan fingerprint density at radius 2 is 2.20 bits per heavy atom. The lowest BCUT2D eigenvalue weighted by molar-refractivity contribution is 0.0298. The minimum absolute atomic E-state index is 0.104. The minimum atomic E-state index is -0.326. The number of carbonyl (C=O) groups is 1. The van der Waals surface area contributed by atoms with Gasteiger partial charge in [0.2, 0.25) is 0 Å². The first-order valence-electron chi connectivity index (χ1n) is 7.13. The lowest BCUT2D eigenvalue weighted by Crippen LogP contribution is -2.49. The molecule has 0 aromatic heterocycles. The molecule has 0 amide bonds. The van der Waals surface area contributed by atoms with Crippen LogP contribution < -0.4 is 4.90 Å². The van der Waals surface area contributed by atoms with E-state index in [0.717, 1.165) is 18.7 Å². The highest BCUT2D eigenvalue weighted by molar-refractivity contribution is 6.00. The van der Waals surface area contributed by atoms with Crippen molar-refractivity contribution >= 4 is 11.5 Å². The largest absolute Gasteiger partial charge is 0.375 e. The van der Waals surface area contributed by atoms with Crippen LogP contribution in [0.15, 0.2) is 12.1 Å². The van der Waals surface area contributed by atoms with Crippen LogP contribution in [0.2, 0.25) is 0 Å². The highest BCUT2D eigenvalue weighted by atomic mass is 19.1. The molecule has 0 spiro atoms. The summed E-state index contributed by atoms with van der Waals surface area (Å²) < 4.78 is 19.4. The Labute approximate surface area is 119 Å². The maximum Gasteiger partial charge on any atom is 0.161 e. The molecule has 0 aliphatic carbocycles. The monoisotopic (exact) mass is 279 g/mol. The number of morpholine rings is 1. The van der Waals surface area contributed by atoms with Crippen molar-refractivity contribution in [2.24, 2.45) is 0 Å². The van der Waals surface area contributed by atoms with E-state index in [1.807, 2.05) is 6.92 Å². The average molecular weight is 279 g/mol. The van der Waals surface area contributed by atoms with E-state index in [-0.39, 0.29) is 23.7 Å². The molecule has 0 N–H and O–H groups in total. The van der Waals surface area contributed by atoms with Gasteiger partial charge < -0.3 is 9.64 Å². The van der Waals surface area contributed by atoms with Crippen LogP contribution in [0.3, 0.4) is 0 Å². The molecule has 1 saturated heterocycles. The Kier molecular flexibility index (Phi) is 4.43. The highest BCUT2D eigenvalue weighted by Gasteiger charge is 2.28. The summed E-state index contributed by atoms with van der Waals surface area (Å²) in [5.74, 6) is -0.429. The summed E-state index contributed by atoms with van der Waals surface area (Å²) in [4.78, 5) is 14.0. The fourth-order valence-corrected chi connectivity index (χ4v) is 2.66. The van der Waals surface area contributed by atoms with Gasteiger partial charge in [-0.1, -0.05) is 6.92 Å². The summed E-state index contributed by atoms with van der Waals surface area (Å²) in [6.45, 7) is 8.70. The zero-order chi connectivity index (χ0) is 14.9. The number of halogens is 1. The van der Waals surface area contributed by atoms with Gasteiger partial charge in [-0.3, -0.25) is 4.79 Å². The fraction of sp³-hybridized carbons (Fsp3) is 0.562. The summed E-state index contributed by atoms with van der Waals surface area (Å²) in [5.41, 5.74) is 1.86. The summed E-state index contributed by atoms with van der Waals surface area (Å²) in [7, 11) is 0. The number of ketones is 1. The predicted molar refractivity (Wildman–Crippen MR) is 78.0 cm³/mol. The Hall–Kier alpha value is -1.42. The van der Waals surface area contributed by atoms with Crippen molar-refractivity contribution in [2.45, 2.75) is 46.3 Å². The maximum atomic E-state index is 13.7. The van der Waals surface area contributed by atoms with Gasteiger partial charge in [-0.2, -0.15) is 0 Å². The molecule has 20 heavy (non-hydrogen) atoms. The van der Waals surface area contributed by atoms with Crippen LogP contribution in [-0.2, 0) is 4.74 Å². The number of aryl methyl sites for hydroxylation is 1. The van der Waals surface area contributed by atoms with Gasteiger partial charge in [-0.05, 0) is 44.9 Å². The van der Waals surface area contributed by atoms with Gasteiger partial charge in [0.05, 0.1) is 18.8 Å². The summed E-state index contributed by atoms with van der Waals surface area (Å²) >= 11 is 0. The molecule has 1 aliphatic heterocycles. The van der Waals surface area contributed by atoms with Gasteiger partial charge in [-0.25, -0.2) is 4.39 Å². The molecule has 0 bridgehead atoms. The van der Waals surface area contributed by atoms with Crippen molar-refractivity contribution in [3.63, 3.8) is 0 Å². The molecule has 1 aromatic rings. The first-order chi connectivity index (χ1) is 9.43. The summed E-state index contributed by atoms with van der Waals surface area (Å²) in [6.07, 6.45) is 1.04. The second-order valence-electron chi connectivity index (χ2n) is 5.53. The molecule has 0 saturated carbocycles. The van der Waals surface area contributed by atoms with Crippen LogP contribution in [0.4, 0.5) is 10.1 Å². The highest BCUT2D eigenvalue weighted by Crippen LogP contribution is 2.29. The van der Waals surface area contributed by atoms with Crippen molar-refractivity contribution in [1.29, 1.82) is 0 Å². The molecule has 3 nitrogen and oxygen atoms in total. The van der Waals surface area contributed by atoms with Crippen LogP contribution >= 0.6 is 0 Å². The molecule has 1 aliphatic rings. The van der Waals surface area contributed by atoms with Crippen molar-refractivity contribution in [1.82, 2.24) is 0 Å². The standard InChI is InChI=1S/C16H22FNO2/c1-5-13-9-20-11(3)8-18(13)16-6-10(2)15(17)7-14(16)12(4)19/h6-7,11,13H,5,8-9H2,1-4H3. The van der Waals surface area contributed by atoms with Crippen LogP contribution in [0, 0.1) is 12.7 Å². The number of Topliss-reactive ketones (excluding diaryl/α,β-unsaturated/α-hetero) is 1. The third-order valence-corrected chi connectivity index (χ3v) is 3.90. The second-order valence-corrected chi connectivity index (χ2v) is 5.53. The molecule has 0 radical (unpaired) electrons. The third kappa shape index (κ3) is 2.85. The molecular weight excluding hydrogens is 257 g/mol. The summed E-state index contributed by atoms with van der Waals surface area (Å²) in [6, 6.07) is 3.38. The van der Waals surface area contributed by atoms with Crippen LogP contribution in [0.25, 0.3) is 0 Å². The van der Waals surface area contributed by atoms with Crippen molar-refractivity contribution in [3.05, 3.63) is 29.1 Å². The van der Waals surface area contributed by atoms with Gasteiger partial charge in [0.25, 0.3) is 0 Å².